The minimum absolute atomic E-state index is 0.0553. The number of rotatable bonds is 4. The van der Waals surface area contributed by atoms with Crippen molar-refractivity contribution in [3.05, 3.63) is 40.4 Å². The van der Waals surface area contributed by atoms with E-state index in [1.165, 1.54) is 0 Å². The molecule has 20 heavy (non-hydrogen) atoms. The molecule has 0 aliphatic rings. The smallest absolute Gasteiger partial charge is 0.253 e. The Labute approximate surface area is 122 Å². The summed E-state index contributed by atoms with van der Waals surface area (Å²) in [6.45, 7) is 4.10. The van der Waals surface area contributed by atoms with Crippen molar-refractivity contribution in [3.63, 3.8) is 0 Å². The van der Waals surface area contributed by atoms with E-state index >= 15 is 0 Å². The van der Waals surface area contributed by atoms with E-state index in [0.29, 0.717) is 10.8 Å². The fourth-order valence-electron chi connectivity index (χ4n) is 1.79. The summed E-state index contributed by atoms with van der Waals surface area (Å²) in [6, 6.07) is 9.44. The number of nitrogens with two attached hydrogens (primary N) is 1. The minimum Gasteiger partial charge on any atom is -0.471 e. The Morgan fingerprint density at radius 1 is 1.45 bits per heavy atom. The number of benzene rings is 1. The number of aromatic nitrogens is 2. The van der Waals surface area contributed by atoms with Crippen molar-refractivity contribution in [1.82, 2.24) is 9.78 Å². The molecule has 104 valence electrons. The van der Waals surface area contributed by atoms with E-state index in [4.69, 9.17) is 27.3 Å². The van der Waals surface area contributed by atoms with E-state index in [9.17, 15) is 0 Å². The van der Waals surface area contributed by atoms with Crippen molar-refractivity contribution in [2.45, 2.75) is 26.5 Å². The molecule has 5 nitrogen and oxygen atoms in total. The Balaban J connectivity index is 2.24. The third-order valence-corrected chi connectivity index (χ3v) is 3.21. The van der Waals surface area contributed by atoms with Gasteiger partial charge in [-0.05, 0) is 19.9 Å². The molecule has 1 heterocycles. The molecule has 0 bridgehead atoms. The van der Waals surface area contributed by atoms with E-state index in [1.807, 2.05) is 38.1 Å². The molecule has 0 aliphatic heterocycles. The third-order valence-electron chi connectivity index (χ3n) is 2.84. The van der Waals surface area contributed by atoms with E-state index in [-0.39, 0.29) is 24.1 Å². The predicted octanol–water partition coefficient (Wildman–Crippen LogP) is 3.15. The molecule has 6 heteroatoms. The highest BCUT2D eigenvalue weighted by Gasteiger charge is 2.18. The van der Waals surface area contributed by atoms with Gasteiger partial charge in [0.05, 0.1) is 0 Å². The summed E-state index contributed by atoms with van der Waals surface area (Å²) in [6.07, 6.45) is 0. The number of ether oxygens (including phenoxy) is 1. The van der Waals surface area contributed by atoms with Crippen LogP contribution in [-0.4, -0.2) is 9.78 Å². The second-order valence-electron chi connectivity index (χ2n) is 4.60. The fraction of sp³-hybridized carbons (Fsp3) is 0.286. The SMILES string of the molecule is CC(C)n1nc(OCc2ccccc2Cl)c(C#N)c1N. The van der Waals surface area contributed by atoms with Gasteiger partial charge < -0.3 is 10.5 Å². The second-order valence-corrected chi connectivity index (χ2v) is 5.00. The number of hydrogen-bond acceptors (Lipinski definition) is 4. The van der Waals surface area contributed by atoms with Gasteiger partial charge in [0.1, 0.15) is 18.5 Å². The molecule has 2 aromatic rings. The molecule has 1 aromatic heterocycles. The van der Waals surface area contributed by atoms with Crippen molar-refractivity contribution >= 4 is 17.4 Å². The molecular formula is C14H15ClN4O. The number of halogens is 1. The highest BCUT2D eigenvalue weighted by Crippen LogP contribution is 2.27. The van der Waals surface area contributed by atoms with Crippen LogP contribution in [0.2, 0.25) is 5.02 Å². The summed E-state index contributed by atoms with van der Waals surface area (Å²) in [5.74, 6) is 0.551. The molecule has 0 radical (unpaired) electrons. The number of nitrogens with zero attached hydrogens (tertiary/aromatic N) is 3. The fourth-order valence-corrected chi connectivity index (χ4v) is 1.98. The van der Waals surface area contributed by atoms with Crippen molar-refractivity contribution in [1.29, 1.82) is 5.26 Å². The van der Waals surface area contributed by atoms with Crippen LogP contribution in [0, 0.1) is 11.3 Å². The number of anilines is 1. The van der Waals surface area contributed by atoms with Gasteiger partial charge in [0.25, 0.3) is 5.88 Å². The maximum Gasteiger partial charge on any atom is 0.253 e. The summed E-state index contributed by atoms with van der Waals surface area (Å²) in [5, 5.41) is 14.0. The van der Waals surface area contributed by atoms with Crippen LogP contribution < -0.4 is 10.5 Å². The molecule has 0 spiro atoms. The normalized spacial score (nSPS) is 10.6. The third kappa shape index (κ3) is 2.70. The highest BCUT2D eigenvalue weighted by molar-refractivity contribution is 6.31. The zero-order valence-electron chi connectivity index (χ0n) is 11.3. The van der Waals surface area contributed by atoms with Crippen molar-refractivity contribution in [2.75, 3.05) is 5.73 Å². The van der Waals surface area contributed by atoms with E-state index in [0.717, 1.165) is 5.56 Å². The van der Waals surface area contributed by atoms with Crippen LogP contribution in [0.1, 0.15) is 31.0 Å². The number of hydrogen-bond donors (Lipinski definition) is 1. The molecule has 0 amide bonds. The van der Waals surface area contributed by atoms with Gasteiger partial charge in [0.15, 0.2) is 5.56 Å². The molecule has 0 saturated carbocycles. The van der Waals surface area contributed by atoms with Crippen LogP contribution >= 0.6 is 11.6 Å². The first-order valence-corrected chi connectivity index (χ1v) is 6.56. The Morgan fingerprint density at radius 2 is 2.15 bits per heavy atom. The van der Waals surface area contributed by atoms with Crippen LogP contribution in [0.25, 0.3) is 0 Å². The molecule has 2 N–H and O–H groups in total. The van der Waals surface area contributed by atoms with E-state index < -0.39 is 0 Å². The Hall–Kier alpha value is -2.19. The van der Waals surface area contributed by atoms with Crippen molar-refractivity contribution in [2.24, 2.45) is 0 Å². The number of nitriles is 1. The first kappa shape index (κ1) is 14.2. The van der Waals surface area contributed by atoms with Gasteiger partial charge in [-0.15, -0.1) is 5.10 Å². The second kappa shape index (κ2) is 5.85. The summed E-state index contributed by atoms with van der Waals surface area (Å²) in [4.78, 5) is 0. The van der Waals surface area contributed by atoms with E-state index in [1.54, 1.807) is 10.7 Å². The lowest BCUT2D eigenvalue weighted by Crippen LogP contribution is -2.07. The largest absolute Gasteiger partial charge is 0.471 e. The lowest BCUT2D eigenvalue weighted by Gasteiger charge is -2.06. The number of nitrogen functional groups attached to an aromatic ring is 1. The molecule has 0 fully saturated rings. The van der Waals surface area contributed by atoms with Gasteiger partial charge in [0, 0.05) is 16.6 Å². The maximum atomic E-state index is 9.16. The lowest BCUT2D eigenvalue weighted by molar-refractivity contribution is 0.287. The van der Waals surface area contributed by atoms with Crippen LogP contribution in [0.3, 0.4) is 0 Å². The Morgan fingerprint density at radius 3 is 2.75 bits per heavy atom. The summed E-state index contributed by atoms with van der Waals surface area (Å²) in [5.41, 5.74) is 6.97. The van der Waals surface area contributed by atoms with Crippen molar-refractivity contribution < 1.29 is 4.74 Å². The first-order chi connectivity index (χ1) is 9.54. The topological polar surface area (TPSA) is 76.9 Å². The highest BCUT2D eigenvalue weighted by atomic mass is 35.5. The van der Waals surface area contributed by atoms with Gasteiger partial charge >= 0.3 is 0 Å². The van der Waals surface area contributed by atoms with Gasteiger partial charge in [-0.3, -0.25) is 0 Å². The molecule has 0 aliphatic carbocycles. The zero-order valence-corrected chi connectivity index (χ0v) is 12.1. The van der Waals surface area contributed by atoms with Gasteiger partial charge in [0.2, 0.25) is 0 Å². The van der Waals surface area contributed by atoms with E-state index in [2.05, 4.69) is 5.10 Å². The first-order valence-electron chi connectivity index (χ1n) is 6.19. The standard InChI is InChI=1S/C14H15ClN4O/c1-9(2)19-13(17)11(7-16)14(18-19)20-8-10-5-3-4-6-12(10)15/h3-6,9H,8,17H2,1-2H3. The lowest BCUT2D eigenvalue weighted by atomic mass is 10.2. The molecule has 0 atom stereocenters. The predicted molar refractivity (Wildman–Crippen MR) is 77.5 cm³/mol. The molecule has 0 saturated heterocycles. The van der Waals surface area contributed by atoms with Crippen LogP contribution in [0.4, 0.5) is 5.82 Å². The molecular weight excluding hydrogens is 276 g/mol. The van der Waals surface area contributed by atoms with Crippen LogP contribution in [-0.2, 0) is 6.61 Å². The summed E-state index contributed by atoms with van der Waals surface area (Å²) in [7, 11) is 0. The Bertz CT molecular complexity index is 658. The quantitative estimate of drug-likeness (QED) is 0.938. The Kier molecular flexibility index (Phi) is 4.16. The average Bonchev–Trinajstić information content (AvgIpc) is 2.74. The summed E-state index contributed by atoms with van der Waals surface area (Å²) >= 11 is 6.06. The van der Waals surface area contributed by atoms with Gasteiger partial charge in [-0.25, -0.2) is 4.68 Å². The van der Waals surface area contributed by atoms with Gasteiger partial charge in [-0.1, -0.05) is 29.8 Å². The van der Waals surface area contributed by atoms with Gasteiger partial charge in [-0.2, -0.15) is 5.26 Å². The molecule has 0 unspecified atom stereocenters. The minimum atomic E-state index is 0.0553. The average molecular weight is 291 g/mol. The monoisotopic (exact) mass is 290 g/mol. The summed E-state index contributed by atoms with van der Waals surface area (Å²) < 4.78 is 7.16. The van der Waals surface area contributed by atoms with Crippen molar-refractivity contribution in [3.8, 4) is 11.9 Å². The molecule has 2 rings (SSSR count). The zero-order chi connectivity index (χ0) is 14.7. The van der Waals surface area contributed by atoms with Crippen LogP contribution in [0.15, 0.2) is 24.3 Å². The molecule has 1 aromatic carbocycles. The maximum absolute atomic E-state index is 9.16. The van der Waals surface area contributed by atoms with Crippen LogP contribution in [0.5, 0.6) is 5.88 Å².